The van der Waals surface area contributed by atoms with Gasteiger partial charge < -0.3 is 14.8 Å². The molecule has 7 nitrogen and oxygen atoms in total. The van der Waals surface area contributed by atoms with Crippen molar-refractivity contribution < 1.29 is 19.1 Å². The first kappa shape index (κ1) is 19.2. The standard InChI is InChI=1S/C21H21N3O4/c1-14-9-10-17(15(2)11-14)22-19(25)13-28-21(26)20-18(27-3)12-24(23-20)16-7-5-4-6-8-16/h4-12H,13H2,1-3H3,(H,22,25). The highest BCUT2D eigenvalue weighted by molar-refractivity contribution is 5.96. The van der Waals surface area contributed by atoms with E-state index in [4.69, 9.17) is 9.47 Å². The average Bonchev–Trinajstić information content (AvgIpc) is 3.13. The van der Waals surface area contributed by atoms with E-state index in [2.05, 4.69) is 10.4 Å². The fourth-order valence-corrected chi connectivity index (χ4v) is 2.70. The van der Waals surface area contributed by atoms with Crippen molar-refractivity contribution >= 4 is 17.6 Å². The maximum Gasteiger partial charge on any atom is 0.363 e. The second kappa shape index (κ2) is 8.39. The van der Waals surface area contributed by atoms with Crippen LogP contribution in [0.2, 0.25) is 0 Å². The number of anilines is 1. The zero-order chi connectivity index (χ0) is 20.1. The smallest absolute Gasteiger partial charge is 0.363 e. The van der Waals surface area contributed by atoms with Crippen LogP contribution in [-0.4, -0.2) is 35.4 Å². The minimum atomic E-state index is -0.734. The molecule has 1 amide bonds. The maximum absolute atomic E-state index is 12.4. The number of ether oxygens (including phenoxy) is 2. The lowest BCUT2D eigenvalue weighted by Gasteiger charge is -2.09. The number of esters is 1. The Morgan fingerprint density at radius 1 is 1.11 bits per heavy atom. The largest absolute Gasteiger partial charge is 0.493 e. The van der Waals surface area contributed by atoms with Crippen LogP contribution in [0.15, 0.2) is 54.7 Å². The van der Waals surface area contributed by atoms with Gasteiger partial charge in [0.25, 0.3) is 5.91 Å². The summed E-state index contributed by atoms with van der Waals surface area (Å²) < 4.78 is 11.8. The van der Waals surface area contributed by atoms with E-state index in [1.807, 2.05) is 62.4 Å². The number of benzene rings is 2. The molecule has 0 aliphatic rings. The van der Waals surface area contributed by atoms with Gasteiger partial charge in [-0.25, -0.2) is 9.48 Å². The molecule has 0 spiro atoms. The fourth-order valence-electron chi connectivity index (χ4n) is 2.70. The van der Waals surface area contributed by atoms with Crippen LogP contribution in [0.1, 0.15) is 21.6 Å². The van der Waals surface area contributed by atoms with E-state index in [0.29, 0.717) is 5.69 Å². The highest BCUT2D eigenvalue weighted by atomic mass is 16.5. The molecule has 28 heavy (non-hydrogen) atoms. The van der Waals surface area contributed by atoms with Gasteiger partial charge in [-0.15, -0.1) is 0 Å². The summed E-state index contributed by atoms with van der Waals surface area (Å²) in [4.78, 5) is 24.5. The van der Waals surface area contributed by atoms with Crippen LogP contribution in [0.4, 0.5) is 5.69 Å². The van der Waals surface area contributed by atoms with Crippen molar-refractivity contribution in [3.8, 4) is 11.4 Å². The number of methoxy groups -OCH3 is 1. The molecule has 7 heteroatoms. The van der Waals surface area contributed by atoms with E-state index >= 15 is 0 Å². The van der Waals surface area contributed by atoms with Crippen LogP contribution in [-0.2, 0) is 9.53 Å². The Morgan fingerprint density at radius 2 is 1.86 bits per heavy atom. The highest BCUT2D eigenvalue weighted by Crippen LogP contribution is 2.20. The minimum absolute atomic E-state index is 0.00525. The number of aromatic nitrogens is 2. The number of hydrogen-bond donors (Lipinski definition) is 1. The van der Waals surface area contributed by atoms with Gasteiger partial charge in [0.15, 0.2) is 12.4 Å². The topological polar surface area (TPSA) is 82.5 Å². The summed E-state index contributed by atoms with van der Waals surface area (Å²) in [5.41, 5.74) is 3.49. The van der Waals surface area contributed by atoms with E-state index in [-0.39, 0.29) is 11.4 Å². The zero-order valence-electron chi connectivity index (χ0n) is 15.9. The Kier molecular flexibility index (Phi) is 5.74. The van der Waals surface area contributed by atoms with E-state index in [9.17, 15) is 9.59 Å². The van der Waals surface area contributed by atoms with Crippen molar-refractivity contribution in [1.82, 2.24) is 9.78 Å². The molecule has 0 aliphatic carbocycles. The summed E-state index contributed by atoms with van der Waals surface area (Å²) in [6, 6.07) is 15.0. The molecule has 2 aromatic carbocycles. The SMILES string of the molecule is COc1cn(-c2ccccc2)nc1C(=O)OCC(=O)Nc1ccc(C)cc1C. The van der Waals surface area contributed by atoms with Crippen molar-refractivity contribution in [2.75, 3.05) is 19.0 Å². The molecule has 3 rings (SSSR count). The average molecular weight is 379 g/mol. The predicted octanol–water partition coefficient (Wildman–Crippen LogP) is 3.29. The van der Waals surface area contributed by atoms with Gasteiger partial charge in [0, 0.05) is 5.69 Å². The molecule has 1 heterocycles. The Bertz CT molecular complexity index is 996. The van der Waals surface area contributed by atoms with Gasteiger partial charge in [-0.3, -0.25) is 4.79 Å². The second-order valence-electron chi connectivity index (χ2n) is 6.27. The van der Waals surface area contributed by atoms with Crippen LogP contribution in [0.25, 0.3) is 5.69 Å². The highest BCUT2D eigenvalue weighted by Gasteiger charge is 2.21. The molecule has 0 bridgehead atoms. The summed E-state index contributed by atoms with van der Waals surface area (Å²) in [6.45, 7) is 3.45. The molecule has 1 aromatic heterocycles. The molecule has 0 atom stereocenters. The van der Waals surface area contributed by atoms with Crippen molar-refractivity contribution in [2.24, 2.45) is 0 Å². The van der Waals surface area contributed by atoms with Gasteiger partial charge in [-0.1, -0.05) is 35.9 Å². The number of rotatable bonds is 6. The van der Waals surface area contributed by atoms with E-state index in [0.717, 1.165) is 16.8 Å². The Labute approximate surface area is 162 Å². The number of carbonyl (C=O) groups is 2. The lowest BCUT2D eigenvalue weighted by Crippen LogP contribution is -2.21. The number of para-hydroxylation sites is 1. The zero-order valence-corrected chi connectivity index (χ0v) is 15.9. The summed E-state index contributed by atoms with van der Waals surface area (Å²) in [6.07, 6.45) is 1.58. The molecule has 0 fully saturated rings. The maximum atomic E-state index is 12.4. The van der Waals surface area contributed by atoms with Crippen LogP contribution in [0.3, 0.4) is 0 Å². The fraction of sp³-hybridized carbons (Fsp3) is 0.190. The second-order valence-corrected chi connectivity index (χ2v) is 6.27. The Balaban J connectivity index is 1.66. The van der Waals surface area contributed by atoms with Gasteiger partial charge in [-0.2, -0.15) is 5.10 Å². The molecule has 144 valence electrons. The predicted molar refractivity (Wildman–Crippen MR) is 105 cm³/mol. The molecule has 0 saturated carbocycles. The monoisotopic (exact) mass is 379 g/mol. The van der Waals surface area contributed by atoms with Crippen LogP contribution < -0.4 is 10.1 Å². The van der Waals surface area contributed by atoms with Crippen molar-refractivity contribution in [3.05, 3.63) is 71.5 Å². The normalized spacial score (nSPS) is 10.4. The first-order valence-corrected chi connectivity index (χ1v) is 8.71. The third-order valence-electron chi connectivity index (χ3n) is 4.11. The minimum Gasteiger partial charge on any atom is -0.493 e. The van der Waals surface area contributed by atoms with Gasteiger partial charge in [0.05, 0.1) is 19.0 Å². The van der Waals surface area contributed by atoms with Crippen molar-refractivity contribution in [3.63, 3.8) is 0 Å². The molecular formula is C21H21N3O4. The van der Waals surface area contributed by atoms with Gasteiger partial charge >= 0.3 is 5.97 Å². The summed E-state index contributed by atoms with van der Waals surface area (Å²) >= 11 is 0. The molecule has 0 aliphatic heterocycles. The Morgan fingerprint density at radius 3 is 2.54 bits per heavy atom. The van der Waals surface area contributed by atoms with Crippen molar-refractivity contribution in [1.29, 1.82) is 0 Å². The third-order valence-corrected chi connectivity index (χ3v) is 4.11. The van der Waals surface area contributed by atoms with Crippen LogP contribution in [0, 0.1) is 13.8 Å². The van der Waals surface area contributed by atoms with E-state index in [1.54, 1.807) is 6.20 Å². The summed E-state index contributed by atoms with van der Waals surface area (Å²) in [7, 11) is 1.44. The molecule has 0 unspecified atom stereocenters. The van der Waals surface area contributed by atoms with Gasteiger partial charge in [0.2, 0.25) is 5.69 Å². The number of carbonyl (C=O) groups excluding carboxylic acids is 2. The lowest BCUT2D eigenvalue weighted by atomic mass is 10.1. The molecule has 0 radical (unpaired) electrons. The molecule has 0 saturated heterocycles. The number of aryl methyl sites for hydroxylation is 2. The molecular weight excluding hydrogens is 358 g/mol. The quantitative estimate of drug-likeness (QED) is 0.665. The molecule has 3 aromatic rings. The number of hydrogen-bond acceptors (Lipinski definition) is 5. The third kappa shape index (κ3) is 4.37. The van der Waals surface area contributed by atoms with Crippen LogP contribution >= 0.6 is 0 Å². The van der Waals surface area contributed by atoms with Gasteiger partial charge in [-0.05, 0) is 37.6 Å². The Hall–Kier alpha value is -3.61. The van der Waals surface area contributed by atoms with Gasteiger partial charge in [0.1, 0.15) is 0 Å². The summed E-state index contributed by atoms with van der Waals surface area (Å²) in [5.74, 6) is -0.896. The van der Waals surface area contributed by atoms with Crippen molar-refractivity contribution in [2.45, 2.75) is 13.8 Å². The lowest BCUT2D eigenvalue weighted by molar-refractivity contribution is -0.119. The van der Waals surface area contributed by atoms with E-state index in [1.165, 1.54) is 11.8 Å². The molecule has 1 N–H and O–H groups in total. The van der Waals surface area contributed by atoms with Crippen LogP contribution in [0.5, 0.6) is 5.75 Å². The number of nitrogens with one attached hydrogen (secondary N) is 1. The van der Waals surface area contributed by atoms with E-state index < -0.39 is 18.5 Å². The first-order valence-electron chi connectivity index (χ1n) is 8.71. The first-order chi connectivity index (χ1) is 13.5. The summed E-state index contributed by atoms with van der Waals surface area (Å²) in [5, 5.41) is 6.95. The number of nitrogens with zero attached hydrogens (tertiary/aromatic N) is 2. The number of amides is 1.